The quantitative estimate of drug-likeness (QED) is 0.677. The van der Waals surface area contributed by atoms with Crippen LogP contribution in [-0.2, 0) is 6.54 Å². The van der Waals surface area contributed by atoms with E-state index >= 15 is 0 Å². The lowest BCUT2D eigenvalue weighted by Crippen LogP contribution is -2.34. The molecule has 4 rings (SSSR count). The van der Waals surface area contributed by atoms with Crippen LogP contribution in [0.15, 0.2) is 42.5 Å². The maximum atomic E-state index is 13.4. The molecule has 2 aliphatic rings. The van der Waals surface area contributed by atoms with Gasteiger partial charge in [-0.1, -0.05) is 37.5 Å². The molecular formula is C25H28N2O4. The van der Waals surface area contributed by atoms with E-state index in [0.29, 0.717) is 29.0 Å². The molecule has 0 spiro atoms. The Balaban J connectivity index is 1.59. The number of nitrogens with zero attached hydrogens (tertiary/aromatic N) is 2. The van der Waals surface area contributed by atoms with Crippen molar-refractivity contribution in [1.82, 2.24) is 9.80 Å². The molecule has 2 aromatic carbocycles. The van der Waals surface area contributed by atoms with Crippen molar-refractivity contribution in [3.63, 3.8) is 0 Å². The average molecular weight is 421 g/mol. The Bertz CT molecular complexity index is 958. The van der Waals surface area contributed by atoms with Gasteiger partial charge < -0.3 is 9.64 Å². The highest BCUT2D eigenvalue weighted by Gasteiger charge is 2.35. The number of amides is 3. The van der Waals surface area contributed by atoms with E-state index in [0.717, 1.165) is 44.3 Å². The zero-order chi connectivity index (χ0) is 21.8. The van der Waals surface area contributed by atoms with Crippen molar-refractivity contribution in [3.8, 4) is 5.75 Å². The molecule has 0 bridgehead atoms. The molecule has 2 aliphatic heterocycles. The number of carbonyl (C=O) groups excluding carboxylic acids is 3. The molecule has 31 heavy (non-hydrogen) atoms. The lowest BCUT2D eigenvalue weighted by molar-refractivity contribution is 0.0642. The van der Waals surface area contributed by atoms with Gasteiger partial charge in [-0.3, -0.25) is 19.3 Å². The Kier molecular flexibility index (Phi) is 6.35. The van der Waals surface area contributed by atoms with E-state index in [9.17, 15) is 14.4 Å². The number of hydrogen-bond acceptors (Lipinski definition) is 4. The van der Waals surface area contributed by atoms with Crippen LogP contribution in [0.3, 0.4) is 0 Å². The molecular weight excluding hydrogens is 392 g/mol. The van der Waals surface area contributed by atoms with Crippen LogP contribution < -0.4 is 4.74 Å². The van der Waals surface area contributed by atoms with Crippen LogP contribution in [0, 0.1) is 0 Å². The second-order valence-corrected chi connectivity index (χ2v) is 8.07. The van der Waals surface area contributed by atoms with E-state index in [1.165, 1.54) is 11.3 Å². The summed E-state index contributed by atoms with van der Waals surface area (Å²) < 4.78 is 5.73. The molecule has 0 atom stereocenters. The standard InChI is InChI=1S/C25H28N2O4/c1-2-31-22-13-12-18(16-21(22)23(28)26-14-8-4-3-5-9-15-26)17-27-24(29)19-10-6-7-11-20(19)25(27)30/h6-7,10-13,16H,2-5,8-9,14-15,17H2,1H3. The van der Waals surface area contributed by atoms with Crippen molar-refractivity contribution in [2.45, 2.75) is 45.6 Å². The number of imide groups is 1. The Morgan fingerprint density at radius 3 is 2.13 bits per heavy atom. The Hall–Kier alpha value is -3.15. The second-order valence-electron chi connectivity index (χ2n) is 8.07. The molecule has 2 aromatic rings. The Morgan fingerprint density at radius 2 is 1.52 bits per heavy atom. The summed E-state index contributed by atoms with van der Waals surface area (Å²) in [5.74, 6) is -0.104. The molecule has 1 fully saturated rings. The molecule has 162 valence electrons. The van der Waals surface area contributed by atoms with Gasteiger partial charge in [0, 0.05) is 13.1 Å². The van der Waals surface area contributed by atoms with E-state index in [1.807, 2.05) is 17.9 Å². The largest absolute Gasteiger partial charge is 0.493 e. The van der Waals surface area contributed by atoms with E-state index in [2.05, 4.69) is 0 Å². The van der Waals surface area contributed by atoms with Crippen molar-refractivity contribution in [1.29, 1.82) is 0 Å². The molecule has 0 N–H and O–H groups in total. The molecule has 6 heteroatoms. The second kappa shape index (κ2) is 9.33. The predicted octanol–water partition coefficient (Wildman–Crippen LogP) is 4.29. The first kappa shape index (κ1) is 21.1. The zero-order valence-electron chi connectivity index (χ0n) is 17.9. The van der Waals surface area contributed by atoms with E-state index in [1.54, 1.807) is 36.4 Å². The highest BCUT2D eigenvalue weighted by Crippen LogP contribution is 2.27. The van der Waals surface area contributed by atoms with Crippen LogP contribution in [0.4, 0.5) is 0 Å². The maximum absolute atomic E-state index is 13.4. The van der Waals surface area contributed by atoms with Crippen LogP contribution in [0.2, 0.25) is 0 Å². The van der Waals surface area contributed by atoms with Crippen LogP contribution >= 0.6 is 0 Å². The van der Waals surface area contributed by atoms with E-state index < -0.39 is 0 Å². The number of rotatable bonds is 5. The van der Waals surface area contributed by atoms with Crippen molar-refractivity contribution in [2.75, 3.05) is 19.7 Å². The monoisotopic (exact) mass is 420 g/mol. The number of hydrogen-bond donors (Lipinski definition) is 0. The van der Waals surface area contributed by atoms with Crippen molar-refractivity contribution in [2.24, 2.45) is 0 Å². The molecule has 0 aliphatic carbocycles. The fourth-order valence-electron chi connectivity index (χ4n) is 4.31. The number of carbonyl (C=O) groups is 3. The fraction of sp³-hybridized carbons (Fsp3) is 0.400. The van der Waals surface area contributed by atoms with Gasteiger partial charge in [0.25, 0.3) is 17.7 Å². The first-order chi connectivity index (χ1) is 15.1. The number of benzene rings is 2. The summed E-state index contributed by atoms with van der Waals surface area (Å²) in [5.41, 5.74) is 2.08. The van der Waals surface area contributed by atoms with Crippen LogP contribution in [0.5, 0.6) is 5.75 Å². The Labute approximate surface area is 182 Å². The van der Waals surface area contributed by atoms with Gasteiger partial charge in [-0.05, 0) is 49.6 Å². The third-order valence-electron chi connectivity index (χ3n) is 5.94. The van der Waals surface area contributed by atoms with Crippen molar-refractivity contribution < 1.29 is 19.1 Å². The van der Waals surface area contributed by atoms with E-state index in [-0.39, 0.29) is 24.3 Å². The van der Waals surface area contributed by atoms with Crippen LogP contribution in [0.25, 0.3) is 0 Å². The molecule has 0 saturated carbocycles. The minimum Gasteiger partial charge on any atom is -0.493 e. The van der Waals surface area contributed by atoms with Gasteiger partial charge in [0.05, 0.1) is 29.8 Å². The smallest absolute Gasteiger partial charge is 0.261 e. The molecule has 2 heterocycles. The highest BCUT2D eigenvalue weighted by atomic mass is 16.5. The van der Waals surface area contributed by atoms with Gasteiger partial charge in [0.2, 0.25) is 0 Å². The lowest BCUT2D eigenvalue weighted by Gasteiger charge is -2.26. The third-order valence-corrected chi connectivity index (χ3v) is 5.94. The van der Waals surface area contributed by atoms with Gasteiger partial charge in [0.15, 0.2) is 0 Å². The van der Waals surface area contributed by atoms with Crippen molar-refractivity contribution in [3.05, 3.63) is 64.7 Å². The molecule has 0 radical (unpaired) electrons. The summed E-state index contributed by atoms with van der Waals surface area (Å²) in [4.78, 5) is 41.9. The zero-order valence-corrected chi connectivity index (χ0v) is 17.9. The predicted molar refractivity (Wildman–Crippen MR) is 117 cm³/mol. The van der Waals surface area contributed by atoms with Gasteiger partial charge in [0.1, 0.15) is 5.75 Å². The van der Waals surface area contributed by atoms with Gasteiger partial charge in [-0.25, -0.2) is 0 Å². The first-order valence-corrected chi connectivity index (χ1v) is 11.1. The summed E-state index contributed by atoms with van der Waals surface area (Å²) in [5, 5.41) is 0. The summed E-state index contributed by atoms with van der Waals surface area (Å²) >= 11 is 0. The maximum Gasteiger partial charge on any atom is 0.261 e. The lowest BCUT2D eigenvalue weighted by atomic mass is 10.0. The minimum atomic E-state index is -0.300. The minimum absolute atomic E-state index is 0.0467. The summed E-state index contributed by atoms with van der Waals surface area (Å²) in [6.07, 6.45) is 5.51. The summed E-state index contributed by atoms with van der Waals surface area (Å²) in [7, 11) is 0. The normalized spacial score (nSPS) is 16.7. The topological polar surface area (TPSA) is 66.9 Å². The molecule has 0 aromatic heterocycles. The van der Waals surface area contributed by atoms with Gasteiger partial charge in [-0.2, -0.15) is 0 Å². The molecule has 3 amide bonds. The van der Waals surface area contributed by atoms with Gasteiger partial charge >= 0.3 is 0 Å². The number of fused-ring (bicyclic) bond motifs is 1. The number of likely N-dealkylation sites (tertiary alicyclic amines) is 1. The Morgan fingerprint density at radius 1 is 0.903 bits per heavy atom. The summed E-state index contributed by atoms with van der Waals surface area (Å²) in [6.45, 7) is 3.95. The fourth-order valence-corrected chi connectivity index (χ4v) is 4.31. The van der Waals surface area contributed by atoms with Crippen LogP contribution in [0.1, 0.15) is 75.7 Å². The SMILES string of the molecule is CCOc1ccc(CN2C(=O)c3ccccc3C2=O)cc1C(=O)N1CCCCCCC1. The third kappa shape index (κ3) is 4.33. The average Bonchev–Trinajstić information content (AvgIpc) is 2.99. The van der Waals surface area contributed by atoms with Gasteiger partial charge in [-0.15, -0.1) is 0 Å². The highest BCUT2D eigenvalue weighted by molar-refractivity contribution is 6.21. The molecule has 6 nitrogen and oxygen atoms in total. The summed E-state index contributed by atoms with van der Waals surface area (Å²) in [6, 6.07) is 12.2. The number of ether oxygens (including phenoxy) is 1. The van der Waals surface area contributed by atoms with Crippen LogP contribution in [-0.4, -0.2) is 47.2 Å². The first-order valence-electron chi connectivity index (χ1n) is 11.1. The van der Waals surface area contributed by atoms with E-state index in [4.69, 9.17) is 4.74 Å². The molecule has 0 unspecified atom stereocenters. The molecule has 1 saturated heterocycles. The van der Waals surface area contributed by atoms with Crippen molar-refractivity contribution >= 4 is 17.7 Å².